The van der Waals surface area contributed by atoms with Crippen molar-refractivity contribution < 1.29 is 24.2 Å². The van der Waals surface area contributed by atoms with Gasteiger partial charge in [-0.1, -0.05) is 65.0 Å². The molecule has 3 unspecified atom stereocenters. The van der Waals surface area contributed by atoms with Crippen LogP contribution < -0.4 is 4.90 Å². The first kappa shape index (κ1) is 26.0. The van der Waals surface area contributed by atoms with Crippen molar-refractivity contribution in [2.45, 2.75) is 27.3 Å². The number of aliphatic hydroxyl groups is 1. The predicted octanol–water partition coefficient (Wildman–Crippen LogP) is 3.54. The number of thioether (sulfide) groups is 1. The Morgan fingerprint density at radius 2 is 1.97 bits per heavy atom. The maximum Gasteiger partial charge on any atom is 0.311 e. The van der Waals surface area contributed by atoms with Crippen LogP contribution >= 0.6 is 27.7 Å². The molecule has 2 bridgehead atoms. The number of likely N-dealkylation sites (tertiary alicyclic amines) is 1. The number of nitrogens with zero attached hydrogens (tertiary/aromatic N) is 2. The number of halogens is 1. The lowest BCUT2D eigenvalue weighted by Crippen LogP contribution is -2.56. The van der Waals surface area contributed by atoms with Crippen LogP contribution in [0.2, 0.25) is 0 Å². The van der Waals surface area contributed by atoms with E-state index in [-0.39, 0.29) is 48.2 Å². The van der Waals surface area contributed by atoms with Gasteiger partial charge in [-0.15, -0.1) is 18.3 Å². The molecule has 3 aliphatic rings. The molecule has 5 rings (SSSR count). The summed E-state index contributed by atoms with van der Waals surface area (Å²) in [6.07, 6.45) is 3.72. The van der Waals surface area contributed by atoms with Gasteiger partial charge < -0.3 is 19.6 Å². The molecule has 3 heterocycles. The van der Waals surface area contributed by atoms with Gasteiger partial charge in [0.15, 0.2) is 0 Å². The van der Waals surface area contributed by atoms with Crippen LogP contribution in [0.5, 0.6) is 0 Å². The van der Waals surface area contributed by atoms with Gasteiger partial charge in [0.05, 0.1) is 23.2 Å². The van der Waals surface area contributed by atoms with Crippen molar-refractivity contribution in [1.29, 1.82) is 0 Å². The summed E-state index contributed by atoms with van der Waals surface area (Å²) < 4.78 is 4.59. The molecule has 1 spiro atoms. The zero-order valence-electron chi connectivity index (χ0n) is 20.3. The molecule has 3 aliphatic heterocycles. The Morgan fingerprint density at radius 3 is 2.68 bits per heavy atom. The normalized spacial score (nSPS) is 29.8. The van der Waals surface area contributed by atoms with E-state index in [1.54, 1.807) is 11.0 Å². The highest BCUT2D eigenvalue weighted by Crippen LogP contribution is 2.68. The lowest BCUT2D eigenvalue weighted by Gasteiger charge is -2.37. The molecule has 0 aromatic heterocycles. The third-order valence-electron chi connectivity index (χ3n) is 7.60. The van der Waals surface area contributed by atoms with Crippen LogP contribution in [-0.4, -0.2) is 75.0 Å². The second-order valence-electron chi connectivity index (χ2n) is 9.61. The van der Waals surface area contributed by atoms with E-state index in [4.69, 9.17) is 4.74 Å². The quantitative estimate of drug-likeness (QED) is 0.275. The number of carbonyl (C=O) groups excluding carboxylic acids is 3. The summed E-state index contributed by atoms with van der Waals surface area (Å²) in [7, 11) is 0. The van der Waals surface area contributed by atoms with Crippen molar-refractivity contribution in [2.75, 3.05) is 31.2 Å². The van der Waals surface area contributed by atoms with Crippen LogP contribution in [0.4, 0.5) is 5.69 Å². The molecule has 3 fully saturated rings. The van der Waals surface area contributed by atoms with Gasteiger partial charge in [-0.05, 0) is 29.3 Å². The Balaban J connectivity index is 1.57. The Bertz CT molecular complexity index is 1270. The van der Waals surface area contributed by atoms with Crippen molar-refractivity contribution in [3.63, 3.8) is 0 Å². The minimum atomic E-state index is -0.837. The Hall–Kier alpha value is -2.62. The highest BCUT2D eigenvalue weighted by molar-refractivity contribution is 9.09. The molecule has 2 aromatic carbocycles. The zero-order valence-corrected chi connectivity index (χ0v) is 22.7. The molecule has 194 valence electrons. The molecule has 7 nitrogen and oxygen atoms in total. The maximum atomic E-state index is 14.4. The summed E-state index contributed by atoms with van der Waals surface area (Å²) in [5.74, 6) is -2.34. The number of alkyl halides is 1. The third kappa shape index (κ3) is 4.11. The number of aliphatic hydroxyl groups excluding tert-OH is 1. The van der Waals surface area contributed by atoms with Gasteiger partial charge in [0, 0.05) is 28.9 Å². The van der Waals surface area contributed by atoms with Gasteiger partial charge in [-0.2, -0.15) is 0 Å². The molecular formula is C28H29BrN2O5S. The van der Waals surface area contributed by atoms with Crippen LogP contribution in [0, 0.1) is 11.8 Å². The van der Waals surface area contributed by atoms with E-state index in [9.17, 15) is 19.5 Å². The van der Waals surface area contributed by atoms with Crippen LogP contribution in [0.25, 0.3) is 10.8 Å². The van der Waals surface area contributed by atoms with Gasteiger partial charge in [-0.3, -0.25) is 14.4 Å². The SMILES string of the molecule is C=CCOC(=O)[C@H]1[C@@H]2SC3(CC2Br)C(C(=O)N(CC=C)c2ccc4ccccc4c2)N(CCO)C(=O)[C@H]13. The number of hydrogen-bond donors (Lipinski definition) is 1. The van der Waals surface area contributed by atoms with Crippen LogP contribution in [0.1, 0.15) is 6.42 Å². The first-order chi connectivity index (χ1) is 17.9. The summed E-state index contributed by atoms with van der Waals surface area (Å²) in [5, 5.41) is 11.7. The molecule has 9 heteroatoms. The Morgan fingerprint density at radius 1 is 1.22 bits per heavy atom. The molecule has 1 N–H and O–H groups in total. The van der Waals surface area contributed by atoms with Crippen molar-refractivity contribution in [3.8, 4) is 0 Å². The average molecular weight is 586 g/mol. The number of amides is 2. The number of benzene rings is 2. The summed E-state index contributed by atoms with van der Waals surface area (Å²) in [6, 6.07) is 12.9. The molecular weight excluding hydrogens is 556 g/mol. The number of esters is 1. The molecule has 2 amide bonds. The van der Waals surface area contributed by atoms with E-state index in [2.05, 4.69) is 29.1 Å². The number of carbonyl (C=O) groups is 3. The van der Waals surface area contributed by atoms with Crippen molar-refractivity contribution in [2.24, 2.45) is 11.8 Å². The van der Waals surface area contributed by atoms with Gasteiger partial charge in [0.1, 0.15) is 12.6 Å². The molecule has 0 aliphatic carbocycles. The minimum absolute atomic E-state index is 0.0136. The number of hydrogen-bond acceptors (Lipinski definition) is 6. The zero-order chi connectivity index (χ0) is 26.3. The van der Waals surface area contributed by atoms with E-state index in [1.165, 1.54) is 22.7 Å². The first-order valence-electron chi connectivity index (χ1n) is 12.3. The monoisotopic (exact) mass is 584 g/mol. The fraction of sp³-hybridized carbons (Fsp3) is 0.393. The standard InChI is InChI=1S/C28H29BrN2O5S/c1-3-11-30(19-10-9-17-7-5-6-8-18(17)15-19)26(34)24-28-16-20(29)23(37-28)21(27(35)36-14-4-2)22(28)25(33)31(24)12-13-32/h3-10,15,20-24,32H,1-2,11-14,16H2/t20?,21-,22+,23-,24?,28?/m1/s1. The molecule has 2 aromatic rings. The molecule has 0 saturated carbocycles. The largest absolute Gasteiger partial charge is 0.461 e. The number of rotatable bonds is 9. The van der Waals surface area contributed by atoms with Gasteiger partial charge in [-0.25, -0.2) is 0 Å². The van der Waals surface area contributed by atoms with E-state index < -0.39 is 28.6 Å². The van der Waals surface area contributed by atoms with Crippen molar-refractivity contribution in [3.05, 3.63) is 67.8 Å². The fourth-order valence-corrected chi connectivity index (χ4v) is 9.80. The molecule has 0 radical (unpaired) electrons. The highest BCUT2D eigenvalue weighted by atomic mass is 79.9. The molecule has 37 heavy (non-hydrogen) atoms. The van der Waals surface area contributed by atoms with Gasteiger partial charge >= 0.3 is 5.97 Å². The summed E-state index contributed by atoms with van der Waals surface area (Å²) in [4.78, 5) is 44.4. The lowest BCUT2D eigenvalue weighted by atomic mass is 9.71. The van der Waals surface area contributed by atoms with E-state index in [0.29, 0.717) is 12.1 Å². The molecule has 3 saturated heterocycles. The van der Waals surface area contributed by atoms with Crippen LogP contribution in [-0.2, 0) is 19.1 Å². The average Bonchev–Trinajstić information content (AvgIpc) is 3.49. The Labute approximate surface area is 228 Å². The first-order valence-corrected chi connectivity index (χ1v) is 14.1. The topological polar surface area (TPSA) is 87.2 Å². The summed E-state index contributed by atoms with van der Waals surface area (Å²) in [5.41, 5.74) is 0.703. The molecule has 6 atom stereocenters. The smallest absolute Gasteiger partial charge is 0.311 e. The predicted molar refractivity (Wildman–Crippen MR) is 149 cm³/mol. The second kappa shape index (κ2) is 10.3. The minimum Gasteiger partial charge on any atom is -0.461 e. The second-order valence-corrected chi connectivity index (χ2v) is 12.3. The van der Waals surface area contributed by atoms with Crippen molar-refractivity contribution >= 4 is 61.9 Å². The third-order valence-corrected chi connectivity index (χ3v) is 10.8. The van der Waals surface area contributed by atoms with E-state index >= 15 is 0 Å². The number of β-amino-alcohol motifs (C(OH)–C–C–N with tert-alkyl or cyclic N) is 1. The highest BCUT2D eigenvalue weighted by Gasteiger charge is 2.76. The van der Waals surface area contributed by atoms with Gasteiger partial charge in [0.2, 0.25) is 5.91 Å². The fourth-order valence-electron chi connectivity index (χ4n) is 6.21. The maximum absolute atomic E-state index is 14.4. The number of fused-ring (bicyclic) bond motifs is 2. The number of anilines is 1. The van der Waals surface area contributed by atoms with Crippen molar-refractivity contribution in [1.82, 2.24) is 4.90 Å². The van der Waals surface area contributed by atoms with E-state index in [1.807, 2.05) is 42.5 Å². The van der Waals surface area contributed by atoms with Gasteiger partial charge in [0.25, 0.3) is 5.91 Å². The summed E-state index contributed by atoms with van der Waals surface area (Å²) >= 11 is 5.27. The van der Waals surface area contributed by atoms with E-state index in [0.717, 1.165) is 10.8 Å². The van der Waals surface area contributed by atoms with Crippen LogP contribution in [0.15, 0.2) is 67.8 Å². The Kier molecular flexibility index (Phi) is 7.22. The summed E-state index contributed by atoms with van der Waals surface area (Å²) in [6.45, 7) is 7.51. The number of ether oxygens (including phenoxy) is 1. The lowest BCUT2D eigenvalue weighted by molar-refractivity contribution is -0.153. The van der Waals surface area contributed by atoms with Crippen LogP contribution in [0.3, 0.4) is 0 Å².